The second-order valence-electron chi connectivity index (χ2n) is 2.41. The first-order valence-electron chi connectivity index (χ1n) is 3.37. The zero-order chi connectivity index (χ0) is 10.8. The van der Waals surface area contributed by atoms with Crippen molar-refractivity contribution in [2.45, 2.75) is 0 Å². The maximum atomic E-state index is 10.6. The fourth-order valence-corrected chi connectivity index (χ4v) is 1.22. The third-order valence-corrected chi connectivity index (χ3v) is 1.77. The van der Waals surface area contributed by atoms with E-state index in [2.05, 4.69) is 10.1 Å². The van der Waals surface area contributed by atoms with Crippen molar-refractivity contribution >= 4 is 21.9 Å². The van der Waals surface area contributed by atoms with Crippen LogP contribution in [0.4, 0.5) is 5.69 Å². The second kappa shape index (κ2) is 3.60. The molecule has 0 aliphatic carbocycles. The summed E-state index contributed by atoms with van der Waals surface area (Å²) in [5, 5.41) is 13.2. The molecule has 76 valence electrons. The lowest BCUT2D eigenvalue weighted by Crippen LogP contribution is -2.21. The fourth-order valence-electron chi connectivity index (χ4n) is 0.777. The average molecular weight is 217 g/mol. The molecule has 7 nitrogen and oxygen atoms in total. The molecule has 0 bridgehead atoms. The zero-order valence-electron chi connectivity index (χ0n) is 6.84. The number of carbonyl (C=O) groups is 1. The summed E-state index contributed by atoms with van der Waals surface area (Å²) >= 11 is 0. The molecule has 0 aromatic carbocycles. The molecule has 0 aliphatic heterocycles. The van der Waals surface area contributed by atoms with E-state index in [4.69, 9.17) is 5.11 Å². The maximum absolute atomic E-state index is 10.6. The highest BCUT2D eigenvalue weighted by Gasteiger charge is 2.07. The van der Waals surface area contributed by atoms with Crippen LogP contribution in [0.15, 0.2) is 18.5 Å². The third kappa shape index (κ3) is 2.99. The lowest BCUT2D eigenvalue weighted by Gasteiger charge is -2.02. The second-order valence-corrected chi connectivity index (χ2v) is 3.71. The van der Waals surface area contributed by atoms with Gasteiger partial charge in [0.1, 0.15) is 0 Å². The number of nitrogens with one attached hydrogen (secondary N) is 1. The van der Waals surface area contributed by atoms with Crippen LogP contribution in [0.25, 0.3) is 0 Å². The van der Waals surface area contributed by atoms with Gasteiger partial charge in [0.25, 0.3) is 10.2 Å². The Hall–Kier alpha value is -1.67. The van der Waals surface area contributed by atoms with Gasteiger partial charge in [-0.15, -0.1) is 0 Å². The Labute approximate surface area is 79.8 Å². The molecule has 0 fully saturated rings. The summed E-state index contributed by atoms with van der Waals surface area (Å²) < 4.78 is 23.0. The van der Waals surface area contributed by atoms with Gasteiger partial charge in [-0.05, 0) is 6.07 Å². The molecule has 1 aromatic heterocycles. The number of rotatable bonds is 3. The number of hydrogen-bond acceptors (Lipinski definition) is 4. The van der Waals surface area contributed by atoms with E-state index in [0.29, 0.717) is 0 Å². The fraction of sp³-hybridized carbons (Fsp3) is 0. The molecule has 4 N–H and O–H groups in total. The molecule has 0 saturated heterocycles. The van der Waals surface area contributed by atoms with E-state index in [1.165, 1.54) is 0 Å². The van der Waals surface area contributed by atoms with E-state index in [9.17, 15) is 13.2 Å². The molecular formula is C6H7N3O4S. The predicted molar refractivity (Wildman–Crippen MR) is 47.9 cm³/mol. The Morgan fingerprint density at radius 1 is 1.50 bits per heavy atom. The van der Waals surface area contributed by atoms with Crippen LogP contribution < -0.4 is 9.86 Å². The predicted octanol–water partition coefficient (Wildman–Crippen LogP) is -0.605. The van der Waals surface area contributed by atoms with E-state index in [1.807, 2.05) is 4.72 Å². The highest BCUT2D eigenvalue weighted by molar-refractivity contribution is 7.90. The largest absolute Gasteiger partial charge is 0.478 e. The molecule has 1 aromatic rings. The number of nitrogens with two attached hydrogens (primary N) is 1. The van der Waals surface area contributed by atoms with Crippen LogP contribution in [-0.2, 0) is 10.2 Å². The van der Waals surface area contributed by atoms with E-state index in [-0.39, 0.29) is 11.3 Å². The molecular weight excluding hydrogens is 210 g/mol. The lowest BCUT2D eigenvalue weighted by molar-refractivity contribution is 0.0696. The Kier molecular flexibility index (Phi) is 2.68. The van der Waals surface area contributed by atoms with Crippen molar-refractivity contribution in [2.24, 2.45) is 5.14 Å². The highest BCUT2D eigenvalue weighted by atomic mass is 32.2. The molecule has 1 heterocycles. The van der Waals surface area contributed by atoms with Crippen molar-refractivity contribution in [1.82, 2.24) is 4.98 Å². The van der Waals surface area contributed by atoms with Crippen molar-refractivity contribution in [2.75, 3.05) is 4.72 Å². The van der Waals surface area contributed by atoms with Crippen LogP contribution in [-0.4, -0.2) is 24.5 Å². The molecule has 0 aliphatic rings. The minimum atomic E-state index is -3.90. The van der Waals surface area contributed by atoms with Gasteiger partial charge in [-0.1, -0.05) is 0 Å². The molecule has 8 heteroatoms. The van der Waals surface area contributed by atoms with Gasteiger partial charge in [-0.2, -0.15) is 8.42 Å². The molecule has 14 heavy (non-hydrogen) atoms. The molecule has 0 radical (unpaired) electrons. The number of hydrogen-bond donors (Lipinski definition) is 3. The van der Waals surface area contributed by atoms with Crippen LogP contribution in [0, 0.1) is 0 Å². The summed E-state index contributed by atoms with van der Waals surface area (Å²) in [4.78, 5) is 14.0. The molecule has 0 spiro atoms. The van der Waals surface area contributed by atoms with E-state index in [0.717, 1.165) is 18.5 Å². The summed E-state index contributed by atoms with van der Waals surface area (Å²) in [5.74, 6) is -1.20. The van der Waals surface area contributed by atoms with Crippen LogP contribution in [0.5, 0.6) is 0 Å². The molecule has 0 saturated carbocycles. The van der Waals surface area contributed by atoms with E-state index < -0.39 is 16.2 Å². The number of aromatic carboxylic acids is 1. The van der Waals surface area contributed by atoms with Crippen LogP contribution in [0.2, 0.25) is 0 Å². The molecule has 0 atom stereocenters. The SMILES string of the molecule is NS(=O)(=O)Nc1cncc(C(=O)O)c1. The number of nitrogens with zero attached hydrogens (tertiary/aromatic N) is 1. The van der Waals surface area contributed by atoms with Crippen molar-refractivity contribution in [3.63, 3.8) is 0 Å². The first-order chi connectivity index (χ1) is 6.38. The Morgan fingerprint density at radius 2 is 2.14 bits per heavy atom. The third-order valence-electron chi connectivity index (χ3n) is 1.25. The normalized spacial score (nSPS) is 10.9. The van der Waals surface area contributed by atoms with Gasteiger partial charge >= 0.3 is 5.97 Å². The Bertz CT molecular complexity index is 456. The quantitative estimate of drug-likeness (QED) is 0.623. The number of carboxylic acids is 1. The van der Waals surface area contributed by atoms with Crippen molar-refractivity contribution in [3.8, 4) is 0 Å². The summed E-state index contributed by atoms with van der Waals surface area (Å²) in [6, 6.07) is 1.11. The monoisotopic (exact) mass is 217 g/mol. The summed E-state index contributed by atoms with van der Waals surface area (Å²) in [5.41, 5.74) is -0.119. The van der Waals surface area contributed by atoms with E-state index >= 15 is 0 Å². The van der Waals surface area contributed by atoms with Gasteiger partial charge < -0.3 is 5.11 Å². The summed E-state index contributed by atoms with van der Waals surface area (Å²) in [6.45, 7) is 0. The first kappa shape index (κ1) is 10.4. The topological polar surface area (TPSA) is 122 Å². The standard InChI is InChI=1S/C6H7N3O4S/c7-14(12,13)9-5-1-4(6(10)11)2-8-3-5/h1-3,9H,(H,10,11)(H2,7,12,13). The summed E-state index contributed by atoms with van der Waals surface area (Å²) in [6.07, 6.45) is 2.24. The minimum Gasteiger partial charge on any atom is -0.478 e. The maximum Gasteiger partial charge on any atom is 0.337 e. The van der Waals surface area contributed by atoms with Crippen molar-refractivity contribution in [3.05, 3.63) is 24.0 Å². The summed E-state index contributed by atoms with van der Waals surface area (Å²) in [7, 11) is -3.90. The molecule has 0 unspecified atom stereocenters. The van der Waals surface area contributed by atoms with Gasteiger partial charge in [0.2, 0.25) is 0 Å². The Morgan fingerprint density at radius 3 is 2.64 bits per heavy atom. The van der Waals surface area contributed by atoms with Crippen LogP contribution in [0.1, 0.15) is 10.4 Å². The van der Waals surface area contributed by atoms with Gasteiger partial charge in [-0.25, -0.2) is 9.93 Å². The Balaban J connectivity index is 3.01. The smallest absolute Gasteiger partial charge is 0.337 e. The minimum absolute atomic E-state index is 0.00685. The highest BCUT2D eigenvalue weighted by Crippen LogP contribution is 2.08. The first-order valence-corrected chi connectivity index (χ1v) is 4.92. The average Bonchev–Trinajstić information content (AvgIpc) is 2.01. The van der Waals surface area contributed by atoms with Crippen molar-refractivity contribution < 1.29 is 18.3 Å². The van der Waals surface area contributed by atoms with Gasteiger partial charge in [0.05, 0.1) is 17.4 Å². The number of aromatic nitrogens is 1. The number of carboxylic acid groups (broad SMARTS) is 1. The number of anilines is 1. The van der Waals surface area contributed by atoms with Crippen LogP contribution in [0.3, 0.4) is 0 Å². The van der Waals surface area contributed by atoms with Gasteiger partial charge in [0, 0.05) is 6.20 Å². The lowest BCUT2D eigenvalue weighted by atomic mass is 10.3. The number of pyridine rings is 1. The van der Waals surface area contributed by atoms with Crippen molar-refractivity contribution in [1.29, 1.82) is 0 Å². The zero-order valence-corrected chi connectivity index (χ0v) is 7.65. The molecule has 0 amide bonds. The van der Waals surface area contributed by atoms with E-state index in [1.54, 1.807) is 0 Å². The van der Waals surface area contributed by atoms with Gasteiger partial charge in [-0.3, -0.25) is 9.71 Å². The van der Waals surface area contributed by atoms with Gasteiger partial charge in [0.15, 0.2) is 0 Å². The van der Waals surface area contributed by atoms with Crippen LogP contribution >= 0.6 is 0 Å². The molecule has 1 rings (SSSR count).